The fourth-order valence-electron chi connectivity index (χ4n) is 0.962. The summed E-state index contributed by atoms with van der Waals surface area (Å²) in [7, 11) is 0. The first-order valence-electron chi connectivity index (χ1n) is 4.37. The first-order valence-corrected chi connectivity index (χ1v) is 6.78. The highest BCUT2D eigenvalue weighted by Gasteiger charge is 2.06. The lowest BCUT2D eigenvalue weighted by Crippen LogP contribution is -1.80. The molecule has 2 aromatic rings. The molecule has 0 N–H and O–H groups in total. The second-order valence-corrected chi connectivity index (χ2v) is 6.12. The summed E-state index contributed by atoms with van der Waals surface area (Å²) in [5.74, 6) is 0.884. The van der Waals surface area contributed by atoms with Crippen molar-refractivity contribution in [2.24, 2.45) is 0 Å². The smallest absolute Gasteiger partial charge is 0.175 e. The number of carbonyl (C=O) groups is 1. The van der Waals surface area contributed by atoms with Crippen molar-refractivity contribution < 1.29 is 4.79 Å². The fraction of sp³-hybridized carbons (Fsp3) is 0.222. The summed E-state index contributed by atoms with van der Waals surface area (Å²) < 4.78 is 6.22. The second kappa shape index (κ2) is 4.87. The van der Waals surface area contributed by atoms with Crippen LogP contribution < -0.4 is 0 Å². The third kappa shape index (κ3) is 2.64. The van der Waals surface area contributed by atoms with Crippen LogP contribution in [-0.2, 0) is 6.42 Å². The van der Waals surface area contributed by atoms with E-state index in [0.717, 1.165) is 32.0 Å². The van der Waals surface area contributed by atoms with E-state index < -0.39 is 0 Å². The Kier molecular flexibility index (Phi) is 3.50. The molecule has 78 valence electrons. The normalized spacial score (nSPS) is 10.5. The third-order valence-corrected chi connectivity index (χ3v) is 4.60. The van der Waals surface area contributed by atoms with Crippen LogP contribution in [0.2, 0.25) is 0 Å². The quantitative estimate of drug-likeness (QED) is 0.788. The van der Waals surface area contributed by atoms with E-state index in [0.29, 0.717) is 0 Å². The summed E-state index contributed by atoms with van der Waals surface area (Å²) >= 11 is 4.45. The largest absolute Gasteiger partial charge is 0.297 e. The lowest BCUT2D eigenvalue weighted by Gasteiger charge is -1.88. The van der Waals surface area contributed by atoms with Crippen LogP contribution in [0.25, 0.3) is 0 Å². The topological polar surface area (TPSA) is 42.9 Å². The van der Waals surface area contributed by atoms with Gasteiger partial charge in [-0.15, -0.1) is 11.3 Å². The highest BCUT2D eigenvalue weighted by atomic mass is 32.2. The lowest BCUT2D eigenvalue weighted by molar-refractivity contribution is 0.112. The van der Waals surface area contributed by atoms with Crippen LogP contribution in [0.3, 0.4) is 0 Å². The van der Waals surface area contributed by atoms with Gasteiger partial charge in [-0.1, -0.05) is 6.92 Å². The van der Waals surface area contributed by atoms with Crippen molar-refractivity contribution in [3.63, 3.8) is 0 Å². The van der Waals surface area contributed by atoms with Gasteiger partial charge < -0.3 is 0 Å². The summed E-state index contributed by atoms with van der Waals surface area (Å²) in [6, 6.07) is 3.76. The minimum atomic E-state index is 0.748. The number of hydrogen-bond acceptors (Lipinski definition) is 6. The molecule has 0 spiro atoms. The van der Waals surface area contributed by atoms with Crippen molar-refractivity contribution in [2.45, 2.75) is 21.9 Å². The molecule has 0 fully saturated rings. The molecule has 15 heavy (non-hydrogen) atoms. The van der Waals surface area contributed by atoms with Gasteiger partial charge in [-0.25, -0.2) is 4.98 Å². The van der Waals surface area contributed by atoms with Crippen LogP contribution in [0.4, 0.5) is 0 Å². The molecule has 2 rings (SSSR count). The van der Waals surface area contributed by atoms with Gasteiger partial charge >= 0.3 is 0 Å². The molecule has 0 radical (unpaired) electrons. The monoisotopic (exact) mass is 256 g/mol. The van der Waals surface area contributed by atoms with Crippen LogP contribution in [-0.4, -0.2) is 15.6 Å². The van der Waals surface area contributed by atoms with Gasteiger partial charge in [-0.3, -0.25) is 4.79 Å². The molecule has 0 aromatic carbocycles. The van der Waals surface area contributed by atoms with Crippen LogP contribution in [0.15, 0.2) is 20.7 Å². The van der Waals surface area contributed by atoms with Crippen molar-refractivity contribution in [3.05, 3.63) is 22.8 Å². The minimum absolute atomic E-state index is 0.748. The van der Waals surface area contributed by atoms with Gasteiger partial charge in [0.15, 0.2) is 10.6 Å². The first-order chi connectivity index (χ1) is 7.31. The molecular weight excluding hydrogens is 248 g/mol. The van der Waals surface area contributed by atoms with Gasteiger partial charge in [-0.05, 0) is 35.4 Å². The first kappa shape index (κ1) is 10.8. The van der Waals surface area contributed by atoms with E-state index in [1.807, 2.05) is 19.1 Å². The van der Waals surface area contributed by atoms with Gasteiger partial charge in [0.1, 0.15) is 5.82 Å². The molecule has 0 saturated carbocycles. The summed E-state index contributed by atoms with van der Waals surface area (Å²) in [6.45, 7) is 2.03. The molecule has 0 amide bonds. The zero-order valence-electron chi connectivity index (χ0n) is 7.97. The fourth-order valence-corrected chi connectivity index (χ4v) is 3.85. The maximum absolute atomic E-state index is 10.5. The Labute approximate surface area is 99.7 Å². The Morgan fingerprint density at radius 1 is 1.53 bits per heavy atom. The second-order valence-electron chi connectivity index (χ2n) is 2.71. The van der Waals surface area contributed by atoms with Crippen LogP contribution in [0, 0.1) is 0 Å². The van der Waals surface area contributed by atoms with Crippen LogP contribution in [0.1, 0.15) is 22.4 Å². The maximum Gasteiger partial charge on any atom is 0.175 e. The molecule has 2 aromatic heterocycles. The van der Waals surface area contributed by atoms with Gasteiger partial charge in [0.05, 0.1) is 9.09 Å². The minimum Gasteiger partial charge on any atom is -0.297 e. The Morgan fingerprint density at radius 3 is 3.00 bits per heavy atom. The molecule has 6 heteroatoms. The Morgan fingerprint density at radius 2 is 2.40 bits per heavy atom. The van der Waals surface area contributed by atoms with Crippen molar-refractivity contribution in [3.8, 4) is 0 Å². The highest BCUT2D eigenvalue weighted by Crippen LogP contribution is 2.33. The standard InChI is InChI=1S/C9H8N2OS3/c1-2-7-10-9(15-11-7)14-8-4-3-6(5-12)13-8/h3-5H,2H2,1H3. The van der Waals surface area contributed by atoms with Crippen LogP contribution >= 0.6 is 34.6 Å². The Hall–Kier alpha value is -0.720. The van der Waals surface area contributed by atoms with Crippen molar-refractivity contribution in [1.29, 1.82) is 0 Å². The SMILES string of the molecule is CCc1nsc(Sc2ccc(C=O)s2)n1. The summed E-state index contributed by atoms with van der Waals surface area (Å²) in [5.41, 5.74) is 0. The molecular formula is C9H8N2OS3. The number of rotatable bonds is 4. The number of thiophene rings is 1. The number of carbonyl (C=O) groups excluding carboxylic acids is 1. The Balaban J connectivity index is 2.10. The highest BCUT2D eigenvalue weighted by molar-refractivity contribution is 8.02. The number of hydrogen-bond donors (Lipinski definition) is 0. The number of aldehydes is 1. The van der Waals surface area contributed by atoms with E-state index in [4.69, 9.17) is 0 Å². The van der Waals surface area contributed by atoms with E-state index in [1.165, 1.54) is 22.9 Å². The van der Waals surface area contributed by atoms with E-state index >= 15 is 0 Å². The summed E-state index contributed by atoms with van der Waals surface area (Å²) in [5, 5.41) is 0. The summed E-state index contributed by atoms with van der Waals surface area (Å²) in [6.07, 6.45) is 1.73. The van der Waals surface area contributed by atoms with Gasteiger partial charge in [0.2, 0.25) is 0 Å². The number of aryl methyl sites for hydroxylation is 1. The predicted octanol–water partition coefficient (Wildman–Crippen LogP) is 3.13. The van der Waals surface area contributed by atoms with E-state index in [2.05, 4.69) is 9.36 Å². The molecule has 0 saturated heterocycles. The molecule has 0 aliphatic heterocycles. The average molecular weight is 256 g/mol. The van der Waals surface area contributed by atoms with Crippen molar-refractivity contribution in [2.75, 3.05) is 0 Å². The van der Waals surface area contributed by atoms with Gasteiger partial charge in [0, 0.05) is 6.42 Å². The molecule has 0 unspecified atom stereocenters. The van der Waals surface area contributed by atoms with Gasteiger partial charge in [-0.2, -0.15) is 4.37 Å². The molecule has 2 heterocycles. The van der Waals surface area contributed by atoms with E-state index in [9.17, 15) is 4.79 Å². The maximum atomic E-state index is 10.5. The van der Waals surface area contributed by atoms with Crippen molar-refractivity contribution >= 4 is 40.9 Å². The van der Waals surface area contributed by atoms with Gasteiger partial charge in [0.25, 0.3) is 0 Å². The number of nitrogens with zero attached hydrogens (tertiary/aromatic N) is 2. The van der Waals surface area contributed by atoms with E-state index in [1.54, 1.807) is 11.8 Å². The molecule has 0 bridgehead atoms. The number of aromatic nitrogens is 2. The zero-order valence-corrected chi connectivity index (χ0v) is 10.4. The lowest BCUT2D eigenvalue weighted by atomic mass is 10.5. The zero-order chi connectivity index (χ0) is 10.7. The molecule has 0 atom stereocenters. The summed E-state index contributed by atoms with van der Waals surface area (Å²) in [4.78, 5) is 15.6. The molecule has 0 aliphatic rings. The van der Waals surface area contributed by atoms with Crippen molar-refractivity contribution in [1.82, 2.24) is 9.36 Å². The predicted molar refractivity (Wildman–Crippen MR) is 63.1 cm³/mol. The Bertz CT molecular complexity index is 463. The molecule has 0 aliphatic carbocycles. The molecule has 3 nitrogen and oxygen atoms in total. The average Bonchev–Trinajstić information content (AvgIpc) is 2.87. The van der Waals surface area contributed by atoms with Crippen LogP contribution in [0.5, 0.6) is 0 Å². The third-order valence-electron chi connectivity index (χ3n) is 1.67. The van der Waals surface area contributed by atoms with E-state index in [-0.39, 0.29) is 0 Å².